The molecule has 0 atom stereocenters. The van der Waals surface area contributed by atoms with E-state index in [2.05, 4.69) is 5.32 Å². The first kappa shape index (κ1) is 14.3. The Labute approximate surface area is 120 Å². The first-order chi connectivity index (χ1) is 9.60. The minimum atomic E-state index is -0.421. The minimum Gasteiger partial charge on any atom is -0.383 e. The van der Waals surface area contributed by atoms with Gasteiger partial charge in [-0.15, -0.1) is 11.8 Å². The van der Waals surface area contributed by atoms with Crippen LogP contribution in [0.25, 0.3) is 0 Å². The van der Waals surface area contributed by atoms with Gasteiger partial charge in [-0.3, -0.25) is 10.1 Å². The van der Waals surface area contributed by atoms with E-state index in [4.69, 9.17) is 0 Å². The molecule has 2 aromatic rings. The predicted octanol–water partition coefficient (Wildman–Crippen LogP) is 4.07. The number of anilines is 1. The van der Waals surface area contributed by atoms with E-state index < -0.39 is 4.92 Å². The Morgan fingerprint density at radius 1 is 1.30 bits per heavy atom. The maximum absolute atomic E-state index is 13.1. The van der Waals surface area contributed by atoms with Gasteiger partial charge in [-0.25, -0.2) is 4.39 Å². The van der Waals surface area contributed by atoms with Gasteiger partial charge < -0.3 is 5.32 Å². The van der Waals surface area contributed by atoms with E-state index >= 15 is 0 Å². The van der Waals surface area contributed by atoms with Gasteiger partial charge in [-0.1, -0.05) is 12.1 Å². The van der Waals surface area contributed by atoms with Crippen LogP contribution in [-0.4, -0.2) is 12.0 Å². The van der Waals surface area contributed by atoms with E-state index in [-0.39, 0.29) is 11.5 Å². The molecule has 104 valence electrons. The van der Waals surface area contributed by atoms with Crippen LogP contribution >= 0.6 is 11.8 Å². The highest BCUT2D eigenvalue weighted by Gasteiger charge is 2.12. The summed E-state index contributed by atoms with van der Waals surface area (Å²) in [7, 11) is 1.64. The van der Waals surface area contributed by atoms with Crippen LogP contribution in [0.15, 0.2) is 47.4 Å². The summed E-state index contributed by atoms with van der Waals surface area (Å²) < 4.78 is 13.1. The third-order valence-corrected chi connectivity index (χ3v) is 3.79. The molecule has 0 saturated carbocycles. The van der Waals surface area contributed by atoms with Crippen molar-refractivity contribution in [2.75, 3.05) is 12.4 Å². The molecule has 2 rings (SSSR count). The van der Waals surface area contributed by atoms with Gasteiger partial charge in [0.15, 0.2) is 0 Å². The second-order valence-corrected chi connectivity index (χ2v) is 5.15. The van der Waals surface area contributed by atoms with E-state index in [0.29, 0.717) is 11.4 Å². The van der Waals surface area contributed by atoms with Crippen molar-refractivity contribution in [3.05, 3.63) is 64.0 Å². The summed E-state index contributed by atoms with van der Waals surface area (Å²) in [6.07, 6.45) is 0. The average Bonchev–Trinajstić information content (AvgIpc) is 2.44. The van der Waals surface area contributed by atoms with Gasteiger partial charge in [-0.2, -0.15) is 0 Å². The minimum absolute atomic E-state index is 0.0482. The van der Waals surface area contributed by atoms with Crippen LogP contribution in [0.4, 0.5) is 15.8 Å². The normalized spacial score (nSPS) is 10.3. The fourth-order valence-electron chi connectivity index (χ4n) is 1.76. The summed E-state index contributed by atoms with van der Waals surface area (Å²) in [6, 6.07) is 11.3. The summed E-state index contributed by atoms with van der Waals surface area (Å²) in [4.78, 5) is 11.2. The predicted molar refractivity (Wildman–Crippen MR) is 78.6 cm³/mol. The van der Waals surface area contributed by atoms with Crippen LogP contribution in [0.1, 0.15) is 5.56 Å². The lowest BCUT2D eigenvalue weighted by molar-refractivity contribution is -0.383. The first-order valence-electron chi connectivity index (χ1n) is 5.93. The third-order valence-electron chi connectivity index (χ3n) is 2.73. The van der Waals surface area contributed by atoms with Gasteiger partial charge in [0, 0.05) is 23.8 Å². The smallest absolute Gasteiger partial charge is 0.292 e. The van der Waals surface area contributed by atoms with Gasteiger partial charge in [0.25, 0.3) is 5.69 Å². The lowest BCUT2D eigenvalue weighted by Crippen LogP contribution is -1.97. The number of halogens is 1. The molecule has 6 heteroatoms. The maximum atomic E-state index is 13.1. The molecule has 0 unspecified atom stereocenters. The Bertz CT molecular complexity index is 634. The second kappa shape index (κ2) is 6.38. The van der Waals surface area contributed by atoms with E-state index in [1.807, 2.05) is 6.07 Å². The number of hydrogen-bond acceptors (Lipinski definition) is 4. The van der Waals surface area contributed by atoms with Crippen molar-refractivity contribution in [1.29, 1.82) is 0 Å². The van der Waals surface area contributed by atoms with Gasteiger partial charge >= 0.3 is 0 Å². The molecule has 0 aliphatic carbocycles. The van der Waals surface area contributed by atoms with E-state index in [1.54, 1.807) is 25.2 Å². The van der Waals surface area contributed by atoms with E-state index in [1.165, 1.54) is 30.0 Å². The standard InChI is InChI=1S/C14H13FN2O2S/c1-16-13-7-10(5-6-14(13)17(18)19)9-20-12-4-2-3-11(15)8-12/h2-8,16H,9H2,1H3. The molecule has 0 fully saturated rings. The SMILES string of the molecule is CNc1cc(CSc2cccc(F)c2)ccc1[N+](=O)[O-]. The van der Waals surface area contributed by atoms with Crippen LogP contribution in [0.2, 0.25) is 0 Å². The Balaban J connectivity index is 2.12. The molecule has 2 aromatic carbocycles. The van der Waals surface area contributed by atoms with Crippen LogP contribution in [0.3, 0.4) is 0 Å². The fraction of sp³-hybridized carbons (Fsp3) is 0.143. The highest BCUT2D eigenvalue weighted by molar-refractivity contribution is 7.98. The number of hydrogen-bond donors (Lipinski definition) is 1. The second-order valence-electron chi connectivity index (χ2n) is 4.10. The lowest BCUT2D eigenvalue weighted by Gasteiger charge is -2.06. The topological polar surface area (TPSA) is 55.2 Å². The average molecular weight is 292 g/mol. The molecule has 0 bridgehead atoms. The van der Waals surface area contributed by atoms with Crippen molar-refractivity contribution >= 4 is 23.1 Å². The first-order valence-corrected chi connectivity index (χ1v) is 6.92. The van der Waals surface area contributed by atoms with Crippen molar-refractivity contribution in [2.45, 2.75) is 10.6 Å². The Morgan fingerprint density at radius 2 is 2.10 bits per heavy atom. The van der Waals surface area contributed by atoms with Crippen LogP contribution in [0.5, 0.6) is 0 Å². The van der Waals surface area contributed by atoms with Crippen molar-refractivity contribution in [2.24, 2.45) is 0 Å². The Hall–Kier alpha value is -2.08. The molecule has 0 radical (unpaired) electrons. The fourth-order valence-corrected chi connectivity index (χ4v) is 2.64. The highest BCUT2D eigenvalue weighted by atomic mass is 32.2. The number of benzene rings is 2. The lowest BCUT2D eigenvalue weighted by atomic mass is 10.2. The van der Waals surface area contributed by atoms with Gasteiger partial charge in [0.05, 0.1) is 4.92 Å². The third kappa shape index (κ3) is 3.48. The van der Waals surface area contributed by atoms with Crippen molar-refractivity contribution in [3.8, 4) is 0 Å². The Kier molecular flexibility index (Phi) is 4.57. The molecule has 0 saturated heterocycles. The number of rotatable bonds is 5. The summed E-state index contributed by atoms with van der Waals surface area (Å²) in [5, 5.41) is 13.6. The van der Waals surface area contributed by atoms with Crippen molar-refractivity contribution < 1.29 is 9.31 Å². The molecule has 0 heterocycles. The van der Waals surface area contributed by atoms with Crippen LogP contribution < -0.4 is 5.32 Å². The zero-order valence-corrected chi connectivity index (χ0v) is 11.6. The molecule has 1 N–H and O–H groups in total. The zero-order valence-electron chi connectivity index (χ0n) is 10.8. The quantitative estimate of drug-likeness (QED) is 0.513. The summed E-state index contributed by atoms with van der Waals surface area (Å²) in [6.45, 7) is 0. The number of thioether (sulfide) groups is 1. The molecular formula is C14H13FN2O2S. The van der Waals surface area contributed by atoms with E-state index in [0.717, 1.165) is 10.5 Å². The molecule has 4 nitrogen and oxygen atoms in total. The summed E-state index contributed by atoms with van der Waals surface area (Å²) >= 11 is 1.48. The molecular weight excluding hydrogens is 279 g/mol. The number of nitro groups is 1. The molecule has 0 aliphatic heterocycles. The molecule has 0 spiro atoms. The number of nitro benzene ring substituents is 1. The van der Waals surface area contributed by atoms with Crippen molar-refractivity contribution in [1.82, 2.24) is 0 Å². The van der Waals surface area contributed by atoms with Crippen molar-refractivity contribution in [3.63, 3.8) is 0 Å². The Morgan fingerprint density at radius 3 is 2.75 bits per heavy atom. The van der Waals surface area contributed by atoms with Gasteiger partial charge in [-0.05, 0) is 29.8 Å². The largest absolute Gasteiger partial charge is 0.383 e. The number of nitrogens with zero attached hydrogens (tertiary/aromatic N) is 1. The maximum Gasteiger partial charge on any atom is 0.292 e. The summed E-state index contributed by atoms with van der Waals surface area (Å²) in [5.74, 6) is 0.352. The highest BCUT2D eigenvalue weighted by Crippen LogP contribution is 2.29. The summed E-state index contributed by atoms with van der Waals surface area (Å²) in [5.41, 5.74) is 1.47. The van der Waals surface area contributed by atoms with Gasteiger partial charge in [0.1, 0.15) is 11.5 Å². The van der Waals surface area contributed by atoms with E-state index in [9.17, 15) is 14.5 Å². The molecule has 0 aromatic heterocycles. The van der Waals surface area contributed by atoms with Crippen LogP contribution in [-0.2, 0) is 5.75 Å². The molecule has 0 amide bonds. The van der Waals surface area contributed by atoms with Crippen LogP contribution in [0, 0.1) is 15.9 Å². The molecule has 0 aliphatic rings. The monoisotopic (exact) mass is 292 g/mol. The molecule has 20 heavy (non-hydrogen) atoms. The van der Waals surface area contributed by atoms with Gasteiger partial charge in [0.2, 0.25) is 0 Å². The zero-order chi connectivity index (χ0) is 14.5. The number of nitrogens with one attached hydrogen (secondary N) is 1.